The first-order chi connectivity index (χ1) is 15.3. The second-order valence-corrected chi connectivity index (χ2v) is 8.52. The molecule has 31 heavy (non-hydrogen) atoms. The number of rotatable bonds is 4. The van der Waals surface area contributed by atoms with Crippen LogP contribution in [0.25, 0.3) is 11.3 Å². The van der Waals surface area contributed by atoms with Gasteiger partial charge in [0.1, 0.15) is 5.75 Å². The number of hydrogen-bond acceptors (Lipinski definition) is 6. The first-order valence-corrected chi connectivity index (χ1v) is 11.4. The number of anilines is 1. The number of aromatic nitrogens is 2. The summed E-state index contributed by atoms with van der Waals surface area (Å²) < 4.78 is 7.37. The number of carbonyl (C=O) groups excluding carboxylic acids is 1. The minimum atomic E-state index is -0.149. The molecule has 1 aliphatic heterocycles. The van der Waals surface area contributed by atoms with Gasteiger partial charge in [0, 0.05) is 17.1 Å². The summed E-state index contributed by atoms with van der Waals surface area (Å²) in [7, 11) is 0. The normalized spacial score (nSPS) is 17.4. The predicted molar refractivity (Wildman–Crippen MR) is 122 cm³/mol. The van der Waals surface area contributed by atoms with E-state index < -0.39 is 0 Å². The van der Waals surface area contributed by atoms with E-state index in [-0.39, 0.29) is 12.5 Å². The van der Waals surface area contributed by atoms with Gasteiger partial charge in [0.25, 0.3) is 5.91 Å². The van der Waals surface area contributed by atoms with Crippen molar-refractivity contribution >= 4 is 29.1 Å². The van der Waals surface area contributed by atoms with Crippen molar-refractivity contribution in [2.75, 3.05) is 11.9 Å². The molecule has 0 spiro atoms. The van der Waals surface area contributed by atoms with Crippen LogP contribution in [0.4, 0.5) is 5.69 Å². The lowest BCUT2D eigenvalue weighted by Crippen LogP contribution is -2.25. The molecule has 7 nitrogen and oxygen atoms in total. The van der Waals surface area contributed by atoms with Crippen molar-refractivity contribution in [1.82, 2.24) is 9.66 Å². The number of pyridine rings is 1. The topological polar surface area (TPSA) is 80.9 Å². The Hall–Kier alpha value is -3.26. The van der Waals surface area contributed by atoms with E-state index in [1.54, 1.807) is 23.7 Å². The molecule has 2 aromatic heterocycles. The highest BCUT2D eigenvalue weighted by atomic mass is 32.1. The number of nitrogens with one attached hydrogen (secondary N) is 1. The maximum Gasteiger partial charge on any atom is 0.262 e. The van der Waals surface area contributed by atoms with Crippen LogP contribution in [-0.4, -0.2) is 34.4 Å². The zero-order valence-corrected chi connectivity index (χ0v) is 17.8. The highest BCUT2D eigenvalue weighted by Gasteiger charge is 2.18. The molecule has 1 aliphatic carbocycles. The molecule has 1 amide bonds. The second-order valence-electron chi connectivity index (χ2n) is 7.68. The number of hydrogen-bond donors (Lipinski definition) is 1. The zero-order valence-electron chi connectivity index (χ0n) is 17.0. The van der Waals surface area contributed by atoms with Gasteiger partial charge < -0.3 is 10.1 Å². The third-order valence-electron chi connectivity index (χ3n) is 5.45. The van der Waals surface area contributed by atoms with E-state index in [4.69, 9.17) is 14.8 Å². The first-order valence-electron chi connectivity index (χ1n) is 10.5. The van der Waals surface area contributed by atoms with E-state index in [9.17, 15) is 4.79 Å². The molecule has 0 atom stereocenters. The molecule has 1 N–H and O–H groups in total. The average molecular weight is 434 g/mol. The van der Waals surface area contributed by atoms with Crippen molar-refractivity contribution in [1.29, 1.82) is 0 Å². The number of benzene rings is 1. The summed E-state index contributed by atoms with van der Waals surface area (Å²) in [5, 5.41) is 9.67. The molecule has 158 valence electrons. The van der Waals surface area contributed by atoms with E-state index >= 15 is 0 Å². The van der Waals surface area contributed by atoms with Crippen LogP contribution in [0.15, 0.2) is 58.1 Å². The Kier molecular flexibility index (Phi) is 5.62. The minimum Gasteiger partial charge on any atom is -0.482 e. The molecule has 0 bridgehead atoms. The fourth-order valence-corrected chi connectivity index (χ4v) is 4.78. The highest BCUT2D eigenvalue weighted by molar-refractivity contribution is 7.07. The number of carbonyl (C=O) groups is 1. The minimum absolute atomic E-state index is 0.0452. The van der Waals surface area contributed by atoms with Gasteiger partial charge in [-0.15, -0.1) is 11.3 Å². The SMILES string of the molecule is O=C1COc2ccc(-c3csc(=NC4CCCCC4)n3N=Cc3ccccn3)cc2N1. The van der Waals surface area contributed by atoms with Crippen LogP contribution in [0.5, 0.6) is 5.75 Å². The monoisotopic (exact) mass is 433 g/mol. The van der Waals surface area contributed by atoms with E-state index in [2.05, 4.69) is 15.7 Å². The van der Waals surface area contributed by atoms with Crippen molar-refractivity contribution < 1.29 is 9.53 Å². The quantitative estimate of drug-likeness (QED) is 0.630. The van der Waals surface area contributed by atoms with Gasteiger partial charge >= 0.3 is 0 Å². The summed E-state index contributed by atoms with van der Waals surface area (Å²) in [6.45, 7) is 0.0452. The molecule has 3 aromatic rings. The van der Waals surface area contributed by atoms with Crippen LogP contribution in [0.3, 0.4) is 0 Å². The van der Waals surface area contributed by atoms with E-state index in [1.165, 1.54) is 19.3 Å². The maximum atomic E-state index is 11.7. The molecule has 5 rings (SSSR count). The molecule has 0 radical (unpaired) electrons. The Morgan fingerprint density at radius 2 is 2.10 bits per heavy atom. The number of thiazole rings is 1. The predicted octanol–water partition coefficient (Wildman–Crippen LogP) is 4.06. The second kappa shape index (κ2) is 8.85. The summed E-state index contributed by atoms with van der Waals surface area (Å²) in [5.74, 6) is 0.526. The number of ether oxygens (including phenoxy) is 1. The van der Waals surface area contributed by atoms with Crippen molar-refractivity contribution in [2.24, 2.45) is 10.1 Å². The van der Waals surface area contributed by atoms with Gasteiger partial charge in [-0.1, -0.05) is 25.3 Å². The summed E-state index contributed by atoms with van der Waals surface area (Å²) in [6.07, 6.45) is 9.50. The lowest BCUT2D eigenvalue weighted by molar-refractivity contribution is -0.118. The molecule has 0 saturated heterocycles. The van der Waals surface area contributed by atoms with Crippen molar-refractivity contribution in [2.45, 2.75) is 38.1 Å². The van der Waals surface area contributed by atoms with Gasteiger partial charge in [0.05, 0.1) is 29.3 Å². The molecule has 1 saturated carbocycles. The van der Waals surface area contributed by atoms with Crippen molar-refractivity contribution in [3.8, 4) is 17.0 Å². The third-order valence-corrected chi connectivity index (χ3v) is 6.28. The fourth-order valence-electron chi connectivity index (χ4n) is 3.88. The summed E-state index contributed by atoms with van der Waals surface area (Å²) >= 11 is 1.58. The highest BCUT2D eigenvalue weighted by Crippen LogP contribution is 2.33. The van der Waals surface area contributed by atoms with Gasteiger partial charge in [0.15, 0.2) is 6.61 Å². The van der Waals surface area contributed by atoms with E-state index in [1.807, 2.05) is 41.1 Å². The maximum absolute atomic E-state index is 11.7. The Morgan fingerprint density at radius 1 is 1.19 bits per heavy atom. The lowest BCUT2D eigenvalue weighted by atomic mass is 9.96. The van der Waals surface area contributed by atoms with Crippen LogP contribution in [-0.2, 0) is 4.79 Å². The average Bonchev–Trinajstić information content (AvgIpc) is 3.21. The van der Waals surface area contributed by atoms with Crippen molar-refractivity contribution in [3.63, 3.8) is 0 Å². The molecule has 1 fully saturated rings. The third kappa shape index (κ3) is 4.44. The zero-order chi connectivity index (χ0) is 21.0. The number of fused-ring (bicyclic) bond motifs is 1. The summed E-state index contributed by atoms with van der Waals surface area (Å²) in [6, 6.07) is 11.9. The van der Waals surface area contributed by atoms with Crippen LogP contribution in [0.1, 0.15) is 37.8 Å². The van der Waals surface area contributed by atoms with Gasteiger partial charge in [0.2, 0.25) is 4.80 Å². The molecule has 1 aromatic carbocycles. The van der Waals surface area contributed by atoms with Crippen LogP contribution in [0.2, 0.25) is 0 Å². The van der Waals surface area contributed by atoms with Crippen LogP contribution in [0, 0.1) is 0 Å². The Bertz CT molecular complexity index is 1180. The van der Waals surface area contributed by atoms with E-state index in [0.29, 0.717) is 17.5 Å². The van der Waals surface area contributed by atoms with Gasteiger partial charge in [-0.25, -0.2) is 4.68 Å². The van der Waals surface area contributed by atoms with Crippen molar-refractivity contribution in [3.05, 3.63) is 58.5 Å². The lowest BCUT2D eigenvalue weighted by Gasteiger charge is -2.18. The fraction of sp³-hybridized carbons (Fsp3) is 0.304. The number of amides is 1. The van der Waals surface area contributed by atoms with Gasteiger partial charge in [-0.3, -0.25) is 14.8 Å². The molecule has 8 heteroatoms. The molecular weight excluding hydrogens is 410 g/mol. The summed E-state index contributed by atoms with van der Waals surface area (Å²) in [4.78, 5) is 22.0. The van der Waals surface area contributed by atoms with E-state index in [0.717, 1.165) is 34.6 Å². The molecule has 3 heterocycles. The Morgan fingerprint density at radius 3 is 2.94 bits per heavy atom. The Labute approximate surface area is 184 Å². The molecule has 0 unspecified atom stereocenters. The first kappa shape index (κ1) is 19.7. The van der Waals surface area contributed by atoms with Gasteiger partial charge in [-0.2, -0.15) is 5.10 Å². The van der Waals surface area contributed by atoms with Crippen LogP contribution >= 0.6 is 11.3 Å². The summed E-state index contributed by atoms with van der Waals surface area (Å²) in [5.41, 5.74) is 3.30. The smallest absolute Gasteiger partial charge is 0.262 e. The van der Waals surface area contributed by atoms with Gasteiger partial charge in [-0.05, 0) is 43.2 Å². The number of nitrogens with zero attached hydrogens (tertiary/aromatic N) is 4. The largest absolute Gasteiger partial charge is 0.482 e. The van der Waals surface area contributed by atoms with Crippen LogP contribution < -0.4 is 14.9 Å². The standard InChI is InChI=1S/C23H23N5O2S/c29-22-14-30-21-10-9-16(12-19(21)27-22)20-15-31-23(26-17-6-2-1-3-7-17)28(20)25-13-18-8-4-5-11-24-18/h4-5,8-13,15,17H,1-3,6-7,14H2,(H,27,29). The Balaban J connectivity index is 1.57. The molecule has 2 aliphatic rings. The molecular formula is C23H23N5O2S.